The van der Waals surface area contributed by atoms with Crippen molar-refractivity contribution in [1.82, 2.24) is 10.6 Å². The molecule has 0 radical (unpaired) electrons. The van der Waals surface area contributed by atoms with E-state index in [1.54, 1.807) is 44.2 Å². The predicted molar refractivity (Wildman–Crippen MR) is 124 cm³/mol. The molecule has 34 heavy (non-hydrogen) atoms. The van der Waals surface area contributed by atoms with Crippen LogP contribution >= 0.6 is 11.6 Å². The van der Waals surface area contributed by atoms with E-state index in [1.165, 1.54) is 13.2 Å². The Morgan fingerprint density at radius 3 is 2.59 bits per heavy atom. The summed E-state index contributed by atoms with van der Waals surface area (Å²) in [6.45, 7) is 2.98. The highest BCUT2D eigenvalue weighted by molar-refractivity contribution is 6.32. The second kappa shape index (κ2) is 10.8. The lowest BCUT2D eigenvalue weighted by atomic mass is 9.94. The SMILES string of the molecule is CCOc1cc([C@@H]2NC(=O)NC(C)=C2C(=O)Nc2ccccc2OC)cc(Cl)c1OCC(=O)O. The molecule has 0 saturated carbocycles. The van der Waals surface area contributed by atoms with Gasteiger partial charge in [-0.2, -0.15) is 0 Å². The normalized spacial score (nSPS) is 15.2. The standard InChI is InChI=1S/C23H24ClN3O7/c1-4-33-17-10-13(9-14(24)21(17)34-11-18(28)29)20-19(12(2)25-23(31)27-20)22(30)26-15-7-5-6-8-16(15)32-3/h5-10,20H,4,11H2,1-3H3,(H,26,30)(H,28,29)(H2,25,27,31)/t20-/m0/s1. The van der Waals surface area contributed by atoms with E-state index in [9.17, 15) is 14.4 Å². The molecule has 10 nitrogen and oxygen atoms in total. The van der Waals surface area contributed by atoms with Gasteiger partial charge in [-0.05, 0) is 43.7 Å². The first-order chi connectivity index (χ1) is 16.2. The molecule has 0 aromatic heterocycles. The van der Waals surface area contributed by atoms with E-state index in [0.717, 1.165) is 0 Å². The molecule has 2 aromatic carbocycles. The van der Waals surface area contributed by atoms with Crippen molar-refractivity contribution in [2.45, 2.75) is 19.9 Å². The molecule has 0 saturated heterocycles. The zero-order valence-electron chi connectivity index (χ0n) is 18.7. The van der Waals surface area contributed by atoms with Gasteiger partial charge in [0.1, 0.15) is 5.75 Å². The van der Waals surface area contributed by atoms with E-state index in [4.69, 9.17) is 30.9 Å². The van der Waals surface area contributed by atoms with Gasteiger partial charge in [-0.1, -0.05) is 23.7 Å². The topological polar surface area (TPSA) is 135 Å². The number of benzene rings is 2. The third-order valence-electron chi connectivity index (χ3n) is 4.87. The van der Waals surface area contributed by atoms with Crippen molar-refractivity contribution >= 4 is 35.2 Å². The predicted octanol–water partition coefficient (Wildman–Crippen LogP) is 3.48. The first-order valence-corrected chi connectivity index (χ1v) is 10.7. The Bertz CT molecular complexity index is 1150. The van der Waals surface area contributed by atoms with Crippen LogP contribution in [0.25, 0.3) is 0 Å². The Morgan fingerprint density at radius 2 is 1.91 bits per heavy atom. The highest BCUT2D eigenvalue weighted by Crippen LogP contribution is 2.40. The fourth-order valence-electron chi connectivity index (χ4n) is 3.47. The van der Waals surface area contributed by atoms with Crippen molar-refractivity contribution in [3.63, 3.8) is 0 Å². The molecule has 11 heteroatoms. The Morgan fingerprint density at radius 1 is 1.18 bits per heavy atom. The number of carbonyl (C=O) groups is 3. The van der Waals surface area contributed by atoms with Crippen LogP contribution in [0, 0.1) is 0 Å². The lowest BCUT2D eigenvalue weighted by Crippen LogP contribution is -2.46. The third kappa shape index (κ3) is 5.52. The zero-order valence-corrected chi connectivity index (χ0v) is 19.5. The maximum atomic E-state index is 13.3. The van der Waals surface area contributed by atoms with Gasteiger partial charge in [-0.25, -0.2) is 9.59 Å². The van der Waals surface area contributed by atoms with Crippen LogP contribution in [0.5, 0.6) is 17.2 Å². The highest BCUT2D eigenvalue weighted by Gasteiger charge is 2.33. The molecular weight excluding hydrogens is 466 g/mol. The second-order valence-corrected chi connectivity index (χ2v) is 7.58. The number of halogens is 1. The van der Waals surface area contributed by atoms with E-state index in [0.29, 0.717) is 22.7 Å². The van der Waals surface area contributed by atoms with Gasteiger partial charge in [0.25, 0.3) is 5.91 Å². The first kappa shape index (κ1) is 24.7. The molecule has 0 spiro atoms. The van der Waals surface area contributed by atoms with Crippen LogP contribution in [0.4, 0.5) is 10.5 Å². The molecule has 180 valence electrons. The summed E-state index contributed by atoms with van der Waals surface area (Å²) in [5, 5.41) is 17.1. The fraction of sp³-hybridized carbons (Fsp3) is 0.261. The number of carboxylic acids is 1. The zero-order chi connectivity index (χ0) is 24.8. The average Bonchev–Trinajstić information content (AvgIpc) is 2.78. The summed E-state index contributed by atoms with van der Waals surface area (Å²) in [7, 11) is 1.49. The van der Waals surface area contributed by atoms with Gasteiger partial charge >= 0.3 is 12.0 Å². The molecule has 1 aliphatic heterocycles. The Labute approximate surface area is 200 Å². The van der Waals surface area contributed by atoms with Crippen LogP contribution in [0.2, 0.25) is 5.02 Å². The lowest BCUT2D eigenvalue weighted by molar-refractivity contribution is -0.139. The molecule has 3 amide bonds. The van der Waals surface area contributed by atoms with Gasteiger partial charge in [0.05, 0.1) is 36.0 Å². The number of amides is 3. The Kier molecular flexibility index (Phi) is 7.85. The number of ether oxygens (including phenoxy) is 3. The summed E-state index contributed by atoms with van der Waals surface area (Å²) in [6, 6.07) is 8.57. The van der Waals surface area contributed by atoms with E-state index >= 15 is 0 Å². The summed E-state index contributed by atoms with van der Waals surface area (Å²) in [4.78, 5) is 36.5. The summed E-state index contributed by atoms with van der Waals surface area (Å²) < 4.78 is 16.2. The van der Waals surface area contributed by atoms with Gasteiger partial charge in [0.15, 0.2) is 18.1 Å². The summed E-state index contributed by atoms with van der Waals surface area (Å²) in [6.07, 6.45) is 0. The number of anilines is 1. The minimum Gasteiger partial charge on any atom is -0.495 e. The van der Waals surface area contributed by atoms with E-state index in [1.807, 2.05) is 0 Å². The molecule has 4 N–H and O–H groups in total. The number of urea groups is 1. The van der Waals surface area contributed by atoms with Crippen LogP contribution in [-0.2, 0) is 9.59 Å². The number of allylic oxidation sites excluding steroid dienone is 1. The molecular formula is C23H24ClN3O7. The number of aliphatic carboxylic acids is 1. The summed E-state index contributed by atoms with van der Waals surface area (Å²) >= 11 is 6.38. The Hall–Kier alpha value is -3.92. The third-order valence-corrected chi connectivity index (χ3v) is 5.15. The van der Waals surface area contributed by atoms with Gasteiger partial charge < -0.3 is 35.3 Å². The van der Waals surface area contributed by atoms with Gasteiger partial charge in [-0.3, -0.25) is 4.79 Å². The summed E-state index contributed by atoms with van der Waals surface area (Å²) in [5.74, 6) is -0.946. The number of nitrogens with one attached hydrogen (secondary N) is 3. The van der Waals surface area contributed by atoms with Crippen LogP contribution in [0.3, 0.4) is 0 Å². The summed E-state index contributed by atoms with van der Waals surface area (Å²) in [5.41, 5.74) is 1.48. The lowest BCUT2D eigenvalue weighted by Gasteiger charge is -2.29. The average molecular weight is 490 g/mol. The molecule has 2 aromatic rings. The minimum absolute atomic E-state index is 0.0515. The van der Waals surface area contributed by atoms with Crippen LogP contribution < -0.4 is 30.2 Å². The van der Waals surface area contributed by atoms with Crippen molar-refractivity contribution in [2.75, 3.05) is 25.6 Å². The molecule has 0 bridgehead atoms. The largest absolute Gasteiger partial charge is 0.495 e. The molecule has 3 rings (SSSR count). The number of methoxy groups -OCH3 is 1. The second-order valence-electron chi connectivity index (χ2n) is 7.17. The van der Waals surface area contributed by atoms with Crippen molar-refractivity contribution < 1.29 is 33.7 Å². The maximum Gasteiger partial charge on any atom is 0.341 e. The van der Waals surface area contributed by atoms with E-state index in [-0.39, 0.29) is 28.7 Å². The van der Waals surface area contributed by atoms with Crippen LogP contribution in [0.1, 0.15) is 25.5 Å². The van der Waals surface area contributed by atoms with E-state index < -0.39 is 30.6 Å². The minimum atomic E-state index is -1.18. The first-order valence-electron chi connectivity index (χ1n) is 10.3. The van der Waals surface area contributed by atoms with Crippen LogP contribution in [0.15, 0.2) is 47.7 Å². The van der Waals surface area contributed by atoms with Crippen molar-refractivity contribution in [1.29, 1.82) is 0 Å². The van der Waals surface area contributed by atoms with Gasteiger partial charge in [0.2, 0.25) is 0 Å². The quantitative estimate of drug-likeness (QED) is 0.423. The molecule has 0 aliphatic carbocycles. The molecule has 1 heterocycles. The fourth-order valence-corrected chi connectivity index (χ4v) is 3.75. The number of carboxylic acid groups (broad SMARTS) is 1. The van der Waals surface area contributed by atoms with Gasteiger partial charge in [0, 0.05) is 5.70 Å². The molecule has 0 unspecified atom stereocenters. The highest BCUT2D eigenvalue weighted by atomic mass is 35.5. The molecule has 0 fully saturated rings. The number of hydrogen-bond acceptors (Lipinski definition) is 6. The smallest absolute Gasteiger partial charge is 0.341 e. The number of para-hydroxylation sites is 2. The van der Waals surface area contributed by atoms with Crippen LogP contribution in [-0.4, -0.2) is 43.3 Å². The van der Waals surface area contributed by atoms with E-state index in [2.05, 4.69) is 16.0 Å². The number of carbonyl (C=O) groups excluding carboxylic acids is 2. The molecule has 1 aliphatic rings. The van der Waals surface area contributed by atoms with Crippen molar-refractivity contribution in [3.05, 3.63) is 58.3 Å². The van der Waals surface area contributed by atoms with Gasteiger partial charge in [-0.15, -0.1) is 0 Å². The number of hydrogen-bond donors (Lipinski definition) is 4. The number of rotatable bonds is 9. The van der Waals surface area contributed by atoms with Crippen molar-refractivity contribution in [3.8, 4) is 17.2 Å². The Balaban J connectivity index is 2.02. The monoisotopic (exact) mass is 489 g/mol. The van der Waals surface area contributed by atoms with Crippen molar-refractivity contribution in [2.24, 2.45) is 0 Å². The maximum absolute atomic E-state index is 13.3. The molecule has 1 atom stereocenters.